The first-order valence-electron chi connectivity index (χ1n) is 4.85. The molecule has 2 N–H and O–H groups in total. The molecule has 2 nitrogen and oxygen atoms in total. The summed E-state index contributed by atoms with van der Waals surface area (Å²) in [4.78, 5) is 0. The summed E-state index contributed by atoms with van der Waals surface area (Å²) >= 11 is 7.60. The van der Waals surface area contributed by atoms with E-state index in [4.69, 9.17) is 21.8 Å². The molecule has 2 rings (SSSR count). The van der Waals surface area contributed by atoms with Crippen molar-refractivity contribution >= 4 is 23.4 Å². The van der Waals surface area contributed by atoms with E-state index >= 15 is 0 Å². The Morgan fingerprint density at radius 3 is 2.93 bits per heavy atom. The Balaban J connectivity index is 1.77. The van der Waals surface area contributed by atoms with Gasteiger partial charge in [0.15, 0.2) is 5.22 Å². The van der Waals surface area contributed by atoms with Crippen LogP contribution in [0, 0.1) is 0 Å². The molecule has 0 aromatic carbocycles. The minimum atomic E-state index is 0.410. The molecule has 1 aromatic heterocycles. The van der Waals surface area contributed by atoms with Crippen molar-refractivity contribution in [1.29, 1.82) is 0 Å². The van der Waals surface area contributed by atoms with Crippen LogP contribution in [0.1, 0.15) is 25.0 Å². The number of nitrogens with two attached hydrogens (primary N) is 1. The van der Waals surface area contributed by atoms with Crippen molar-refractivity contribution in [2.45, 2.75) is 36.3 Å². The lowest BCUT2D eigenvalue weighted by molar-refractivity contribution is 0.532. The number of hydrogen-bond acceptors (Lipinski definition) is 3. The highest BCUT2D eigenvalue weighted by Gasteiger charge is 2.22. The van der Waals surface area contributed by atoms with Crippen LogP contribution in [0.25, 0.3) is 0 Å². The molecule has 0 aliphatic heterocycles. The van der Waals surface area contributed by atoms with Gasteiger partial charge in [0.05, 0.1) is 5.75 Å². The lowest BCUT2D eigenvalue weighted by Gasteiger charge is -2.06. The second kappa shape index (κ2) is 4.60. The molecule has 0 amide bonds. The Hall–Kier alpha value is -0.120. The van der Waals surface area contributed by atoms with Crippen LogP contribution in [0.15, 0.2) is 16.5 Å². The third-order valence-corrected chi connectivity index (χ3v) is 4.07. The van der Waals surface area contributed by atoms with Crippen molar-refractivity contribution in [3.05, 3.63) is 23.1 Å². The zero-order chi connectivity index (χ0) is 9.97. The van der Waals surface area contributed by atoms with Gasteiger partial charge in [-0.25, -0.2) is 0 Å². The molecule has 1 fully saturated rings. The number of thioether (sulfide) groups is 1. The van der Waals surface area contributed by atoms with Gasteiger partial charge < -0.3 is 10.2 Å². The summed E-state index contributed by atoms with van der Waals surface area (Å²) in [5.41, 5.74) is 5.84. The van der Waals surface area contributed by atoms with E-state index in [1.54, 1.807) is 6.07 Å². The van der Waals surface area contributed by atoms with E-state index in [2.05, 4.69) is 0 Å². The van der Waals surface area contributed by atoms with Gasteiger partial charge in [0.1, 0.15) is 5.76 Å². The molecule has 1 saturated carbocycles. The summed E-state index contributed by atoms with van der Waals surface area (Å²) in [6.45, 7) is 0. The summed E-state index contributed by atoms with van der Waals surface area (Å²) < 4.78 is 5.28. The highest BCUT2D eigenvalue weighted by atomic mass is 35.5. The molecule has 2 atom stereocenters. The van der Waals surface area contributed by atoms with Gasteiger partial charge in [-0.1, -0.05) is 0 Å². The van der Waals surface area contributed by atoms with Crippen LogP contribution in [-0.4, -0.2) is 11.3 Å². The number of furan rings is 1. The molecular weight excluding hydrogens is 218 g/mol. The van der Waals surface area contributed by atoms with Gasteiger partial charge in [0, 0.05) is 11.3 Å². The van der Waals surface area contributed by atoms with E-state index in [1.807, 2.05) is 17.8 Å². The summed E-state index contributed by atoms with van der Waals surface area (Å²) in [5, 5.41) is 1.18. The van der Waals surface area contributed by atoms with E-state index in [0.717, 1.165) is 24.4 Å². The molecule has 0 radical (unpaired) electrons. The van der Waals surface area contributed by atoms with Gasteiger partial charge >= 0.3 is 0 Å². The number of halogens is 1. The van der Waals surface area contributed by atoms with Gasteiger partial charge in [-0.05, 0) is 43.0 Å². The zero-order valence-electron chi connectivity index (χ0n) is 7.91. The van der Waals surface area contributed by atoms with Crippen molar-refractivity contribution in [2.24, 2.45) is 5.73 Å². The maximum atomic E-state index is 5.84. The molecular formula is C10H14ClNOS. The van der Waals surface area contributed by atoms with Gasteiger partial charge in [-0.3, -0.25) is 0 Å². The molecule has 14 heavy (non-hydrogen) atoms. The first-order chi connectivity index (χ1) is 6.74. The Kier molecular flexibility index (Phi) is 3.42. The van der Waals surface area contributed by atoms with Crippen molar-refractivity contribution in [2.75, 3.05) is 0 Å². The van der Waals surface area contributed by atoms with Crippen molar-refractivity contribution in [3.8, 4) is 0 Å². The van der Waals surface area contributed by atoms with Crippen LogP contribution in [0.5, 0.6) is 0 Å². The standard InChI is InChI=1S/C10H14ClNOS/c11-10-4-2-8(13-10)6-14-9-3-1-7(12)5-9/h2,4,7,9H,1,3,5-6,12H2. The number of hydrogen-bond donors (Lipinski definition) is 1. The predicted molar refractivity (Wildman–Crippen MR) is 60.6 cm³/mol. The average molecular weight is 232 g/mol. The highest BCUT2D eigenvalue weighted by molar-refractivity contribution is 7.99. The molecule has 0 saturated heterocycles. The smallest absolute Gasteiger partial charge is 0.193 e. The highest BCUT2D eigenvalue weighted by Crippen LogP contribution is 2.31. The Bertz CT molecular complexity index is 302. The minimum absolute atomic E-state index is 0.410. The largest absolute Gasteiger partial charge is 0.449 e. The third kappa shape index (κ3) is 2.69. The summed E-state index contributed by atoms with van der Waals surface area (Å²) in [6.07, 6.45) is 3.54. The van der Waals surface area contributed by atoms with E-state index in [-0.39, 0.29) is 0 Å². The maximum Gasteiger partial charge on any atom is 0.193 e. The quantitative estimate of drug-likeness (QED) is 0.869. The van der Waals surface area contributed by atoms with Crippen LogP contribution in [0.3, 0.4) is 0 Å². The lowest BCUT2D eigenvalue weighted by atomic mass is 10.3. The van der Waals surface area contributed by atoms with E-state index < -0.39 is 0 Å². The van der Waals surface area contributed by atoms with Gasteiger partial charge in [-0.2, -0.15) is 11.8 Å². The van der Waals surface area contributed by atoms with Crippen LogP contribution in [0.4, 0.5) is 0 Å². The summed E-state index contributed by atoms with van der Waals surface area (Å²) in [7, 11) is 0. The van der Waals surface area contributed by atoms with Gasteiger partial charge in [-0.15, -0.1) is 0 Å². The Morgan fingerprint density at radius 2 is 2.36 bits per heavy atom. The number of rotatable bonds is 3. The maximum absolute atomic E-state index is 5.84. The normalized spacial score (nSPS) is 27.0. The van der Waals surface area contributed by atoms with Crippen LogP contribution in [-0.2, 0) is 5.75 Å². The van der Waals surface area contributed by atoms with E-state index in [0.29, 0.717) is 16.5 Å². The Labute approximate surface area is 93.2 Å². The van der Waals surface area contributed by atoms with Crippen LogP contribution in [0.2, 0.25) is 5.22 Å². The second-order valence-corrected chi connectivity index (χ2v) is 5.37. The van der Waals surface area contributed by atoms with E-state index in [1.165, 1.54) is 6.42 Å². The minimum Gasteiger partial charge on any atom is -0.449 e. The second-order valence-electron chi connectivity index (χ2n) is 3.71. The fraction of sp³-hybridized carbons (Fsp3) is 0.600. The monoisotopic (exact) mass is 231 g/mol. The topological polar surface area (TPSA) is 39.2 Å². The fourth-order valence-electron chi connectivity index (χ4n) is 1.75. The summed E-state index contributed by atoms with van der Waals surface area (Å²) in [5.74, 6) is 1.87. The third-order valence-electron chi connectivity index (χ3n) is 2.52. The molecule has 0 bridgehead atoms. The van der Waals surface area contributed by atoms with Crippen molar-refractivity contribution in [3.63, 3.8) is 0 Å². The van der Waals surface area contributed by atoms with Gasteiger partial charge in [0.2, 0.25) is 0 Å². The molecule has 1 aliphatic rings. The van der Waals surface area contributed by atoms with Crippen molar-refractivity contribution in [1.82, 2.24) is 0 Å². The molecule has 0 spiro atoms. The van der Waals surface area contributed by atoms with Crippen molar-refractivity contribution < 1.29 is 4.42 Å². The van der Waals surface area contributed by atoms with Gasteiger partial charge in [0.25, 0.3) is 0 Å². The van der Waals surface area contributed by atoms with E-state index in [9.17, 15) is 0 Å². The summed E-state index contributed by atoms with van der Waals surface area (Å²) in [6, 6.07) is 4.13. The molecule has 2 unspecified atom stereocenters. The average Bonchev–Trinajstić information content (AvgIpc) is 2.72. The SMILES string of the molecule is NC1CCC(SCc2ccc(Cl)o2)C1. The molecule has 1 heterocycles. The first-order valence-corrected chi connectivity index (χ1v) is 6.28. The Morgan fingerprint density at radius 1 is 1.50 bits per heavy atom. The molecule has 78 valence electrons. The van der Waals surface area contributed by atoms with Crippen LogP contribution < -0.4 is 5.73 Å². The lowest BCUT2D eigenvalue weighted by Crippen LogP contribution is -2.15. The molecule has 4 heteroatoms. The van der Waals surface area contributed by atoms with Crippen LogP contribution >= 0.6 is 23.4 Å². The molecule has 1 aromatic rings. The fourth-order valence-corrected chi connectivity index (χ4v) is 3.16. The molecule has 1 aliphatic carbocycles. The zero-order valence-corrected chi connectivity index (χ0v) is 9.48. The predicted octanol–water partition coefficient (Wildman–Crippen LogP) is 3.05. The first kappa shape index (κ1) is 10.4.